The number of rotatable bonds is 5. The summed E-state index contributed by atoms with van der Waals surface area (Å²) in [6, 6.07) is 0. The molecule has 0 bridgehead atoms. The Morgan fingerprint density at radius 1 is 1.33 bits per heavy atom. The molecule has 2 rings (SSSR count). The van der Waals surface area contributed by atoms with Gasteiger partial charge in [0.05, 0.1) is 20.5 Å². The summed E-state index contributed by atoms with van der Waals surface area (Å²) in [5, 5.41) is 7.80. The highest BCUT2D eigenvalue weighted by Gasteiger charge is 2.17. The Bertz CT molecular complexity index is 633. The lowest BCUT2D eigenvalue weighted by atomic mass is 10.1. The number of anilines is 1. The van der Waals surface area contributed by atoms with Gasteiger partial charge in [-0.25, -0.2) is 9.97 Å². The normalized spacial score (nSPS) is 11.2. The highest BCUT2D eigenvalue weighted by atomic mass is 127. The van der Waals surface area contributed by atoms with Crippen LogP contribution in [0.25, 0.3) is 11.4 Å². The summed E-state index contributed by atoms with van der Waals surface area (Å²) in [6.07, 6.45) is 3.05. The smallest absolute Gasteiger partial charge is 0.165 e. The summed E-state index contributed by atoms with van der Waals surface area (Å²) in [4.78, 5) is 9.49. The van der Waals surface area contributed by atoms with E-state index in [4.69, 9.17) is 9.97 Å². The van der Waals surface area contributed by atoms with Crippen LogP contribution >= 0.6 is 22.6 Å². The molecule has 0 aliphatic rings. The van der Waals surface area contributed by atoms with Crippen molar-refractivity contribution in [2.24, 2.45) is 7.05 Å². The standard InChI is InChI=1S/C15H22IN5/c1-6-7-17-15-12(16)13(9(2)3)18-14(19-15)11-8-21(5)20-10(11)4/h8-9H,6-7H2,1-5H3,(H,17,18,19). The van der Waals surface area contributed by atoms with Gasteiger partial charge in [0.25, 0.3) is 0 Å². The molecule has 0 aromatic carbocycles. The molecule has 0 radical (unpaired) electrons. The van der Waals surface area contributed by atoms with Crippen LogP contribution in [0.4, 0.5) is 5.82 Å². The van der Waals surface area contributed by atoms with Gasteiger partial charge in [0.15, 0.2) is 5.82 Å². The first kappa shape index (κ1) is 16.2. The first-order chi connectivity index (χ1) is 9.93. The number of hydrogen-bond acceptors (Lipinski definition) is 4. The van der Waals surface area contributed by atoms with E-state index < -0.39 is 0 Å². The lowest BCUT2D eigenvalue weighted by Crippen LogP contribution is -2.10. The number of aryl methyl sites for hydroxylation is 2. The number of aromatic nitrogens is 4. The molecular formula is C15H22IN5. The molecule has 0 amide bonds. The highest BCUT2D eigenvalue weighted by molar-refractivity contribution is 14.1. The summed E-state index contributed by atoms with van der Waals surface area (Å²) in [6.45, 7) is 9.37. The molecule has 0 aliphatic carbocycles. The number of nitrogens with zero attached hydrogens (tertiary/aromatic N) is 4. The van der Waals surface area contributed by atoms with Crippen LogP contribution in [0, 0.1) is 10.5 Å². The van der Waals surface area contributed by atoms with Gasteiger partial charge in [-0.15, -0.1) is 0 Å². The van der Waals surface area contributed by atoms with Gasteiger partial charge in [-0.3, -0.25) is 4.68 Å². The largest absolute Gasteiger partial charge is 0.369 e. The Morgan fingerprint density at radius 3 is 2.57 bits per heavy atom. The molecular weight excluding hydrogens is 377 g/mol. The summed E-state index contributed by atoms with van der Waals surface area (Å²) in [7, 11) is 1.92. The Hall–Kier alpha value is -1.18. The van der Waals surface area contributed by atoms with Crippen LogP contribution in [0.15, 0.2) is 6.20 Å². The fraction of sp³-hybridized carbons (Fsp3) is 0.533. The molecule has 0 spiro atoms. The minimum atomic E-state index is 0.359. The molecule has 0 saturated carbocycles. The molecule has 6 heteroatoms. The summed E-state index contributed by atoms with van der Waals surface area (Å²) in [5.74, 6) is 2.04. The lowest BCUT2D eigenvalue weighted by molar-refractivity contribution is 0.756. The second-order valence-corrected chi connectivity index (χ2v) is 6.56. The van der Waals surface area contributed by atoms with Crippen molar-refractivity contribution in [3.8, 4) is 11.4 Å². The molecule has 1 N–H and O–H groups in total. The molecule has 0 fully saturated rings. The van der Waals surface area contributed by atoms with E-state index in [9.17, 15) is 0 Å². The highest BCUT2D eigenvalue weighted by Crippen LogP contribution is 2.29. The predicted octanol–water partition coefficient (Wildman–Crippen LogP) is 3.74. The molecule has 0 unspecified atom stereocenters. The summed E-state index contributed by atoms with van der Waals surface area (Å²) in [5.41, 5.74) is 3.03. The van der Waals surface area contributed by atoms with E-state index in [0.717, 1.165) is 45.1 Å². The number of hydrogen-bond donors (Lipinski definition) is 1. The zero-order valence-electron chi connectivity index (χ0n) is 13.2. The Balaban J connectivity index is 2.55. The van der Waals surface area contributed by atoms with Crippen LogP contribution in [0.2, 0.25) is 0 Å². The first-order valence-electron chi connectivity index (χ1n) is 7.26. The fourth-order valence-electron chi connectivity index (χ4n) is 2.15. The van der Waals surface area contributed by atoms with Crippen molar-refractivity contribution in [3.05, 3.63) is 21.2 Å². The summed E-state index contributed by atoms with van der Waals surface area (Å²) < 4.78 is 2.92. The molecule has 2 aromatic heterocycles. The maximum atomic E-state index is 4.77. The van der Waals surface area contributed by atoms with E-state index in [1.165, 1.54) is 0 Å². The Morgan fingerprint density at radius 2 is 2.05 bits per heavy atom. The SMILES string of the molecule is CCCNc1nc(-c2cn(C)nc2C)nc(C(C)C)c1I. The third kappa shape index (κ3) is 3.53. The van der Waals surface area contributed by atoms with Crippen molar-refractivity contribution in [3.63, 3.8) is 0 Å². The van der Waals surface area contributed by atoms with Crippen LogP contribution in [0.3, 0.4) is 0 Å². The molecule has 114 valence electrons. The van der Waals surface area contributed by atoms with Gasteiger partial charge in [-0.05, 0) is 41.9 Å². The molecule has 2 heterocycles. The van der Waals surface area contributed by atoms with Crippen LogP contribution in [-0.2, 0) is 7.05 Å². The molecule has 0 saturated heterocycles. The van der Waals surface area contributed by atoms with Crippen molar-refractivity contribution >= 4 is 28.4 Å². The maximum absolute atomic E-state index is 4.77. The Kier molecular flexibility index (Phi) is 5.18. The van der Waals surface area contributed by atoms with Gasteiger partial charge < -0.3 is 5.32 Å². The second-order valence-electron chi connectivity index (χ2n) is 5.48. The third-order valence-electron chi connectivity index (χ3n) is 3.22. The monoisotopic (exact) mass is 399 g/mol. The third-order valence-corrected chi connectivity index (χ3v) is 4.28. The van der Waals surface area contributed by atoms with Crippen LogP contribution < -0.4 is 5.32 Å². The van der Waals surface area contributed by atoms with Gasteiger partial charge in [0.1, 0.15) is 5.82 Å². The van der Waals surface area contributed by atoms with Crippen molar-refractivity contribution in [1.82, 2.24) is 19.7 Å². The quantitative estimate of drug-likeness (QED) is 0.779. The Labute approximate surface area is 139 Å². The molecule has 2 aromatic rings. The van der Waals surface area contributed by atoms with Crippen molar-refractivity contribution in [1.29, 1.82) is 0 Å². The maximum Gasteiger partial charge on any atom is 0.165 e. The van der Waals surface area contributed by atoms with Gasteiger partial charge in [-0.2, -0.15) is 5.10 Å². The van der Waals surface area contributed by atoms with Crippen molar-refractivity contribution in [2.45, 2.75) is 40.0 Å². The summed E-state index contributed by atoms with van der Waals surface area (Å²) >= 11 is 2.34. The first-order valence-corrected chi connectivity index (χ1v) is 8.33. The topological polar surface area (TPSA) is 55.6 Å². The van der Waals surface area contributed by atoms with E-state index in [2.05, 4.69) is 53.8 Å². The van der Waals surface area contributed by atoms with Gasteiger partial charge in [0, 0.05) is 19.8 Å². The molecule has 0 aliphatic heterocycles. The van der Waals surface area contributed by atoms with Crippen molar-refractivity contribution < 1.29 is 0 Å². The van der Waals surface area contributed by atoms with E-state index >= 15 is 0 Å². The van der Waals surface area contributed by atoms with Crippen molar-refractivity contribution in [2.75, 3.05) is 11.9 Å². The average molecular weight is 399 g/mol. The molecule has 21 heavy (non-hydrogen) atoms. The second kappa shape index (κ2) is 6.72. The van der Waals surface area contributed by atoms with Crippen LogP contribution in [-0.4, -0.2) is 26.3 Å². The number of halogens is 1. The minimum absolute atomic E-state index is 0.359. The van der Waals surface area contributed by atoms with E-state index in [1.54, 1.807) is 4.68 Å². The van der Waals surface area contributed by atoms with E-state index in [1.807, 2.05) is 20.2 Å². The van der Waals surface area contributed by atoms with Gasteiger partial charge >= 0.3 is 0 Å². The fourth-order valence-corrected chi connectivity index (χ4v) is 3.20. The molecule has 0 atom stereocenters. The zero-order chi connectivity index (χ0) is 15.6. The number of nitrogens with one attached hydrogen (secondary N) is 1. The predicted molar refractivity (Wildman–Crippen MR) is 94.6 cm³/mol. The zero-order valence-corrected chi connectivity index (χ0v) is 15.4. The lowest BCUT2D eigenvalue weighted by Gasteiger charge is -2.14. The average Bonchev–Trinajstić information content (AvgIpc) is 2.76. The van der Waals surface area contributed by atoms with E-state index in [0.29, 0.717) is 5.92 Å². The molecule has 5 nitrogen and oxygen atoms in total. The van der Waals surface area contributed by atoms with E-state index in [-0.39, 0.29) is 0 Å². The minimum Gasteiger partial charge on any atom is -0.369 e. The van der Waals surface area contributed by atoms with Gasteiger partial charge in [-0.1, -0.05) is 20.8 Å². The van der Waals surface area contributed by atoms with Crippen LogP contribution in [0.5, 0.6) is 0 Å². The van der Waals surface area contributed by atoms with Crippen LogP contribution in [0.1, 0.15) is 44.5 Å². The van der Waals surface area contributed by atoms with Gasteiger partial charge in [0.2, 0.25) is 0 Å².